The van der Waals surface area contributed by atoms with Gasteiger partial charge in [-0.15, -0.1) is 0 Å². The monoisotopic (exact) mass is 591 g/mol. The lowest BCUT2D eigenvalue weighted by Gasteiger charge is -2.40. The van der Waals surface area contributed by atoms with Gasteiger partial charge in [0, 0.05) is 28.7 Å². The number of rotatable bonds is 9. The van der Waals surface area contributed by atoms with Crippen molar-refractivity contribution in [3.05, 3.63) is 65.4 Å². The Morgan fingerprint density at radius 2 is 1.81 bits per heavy atom. The number of phenols is 1. The minimum atomic E-state index is -1.62. The highest BCUT2D eigenvalue weighted by atomic mass is 16.7. The van der Waals surface area contributed by atoms with Crippen molar-refractivity contribution in [3.63, 3.8) is 0 Å². The fraction of sp³-hybridized carbons (Fsp3) is 0.424. The highest BCUT2D eigenvalue weighted by Gasteiger charge is 2.45. The van der Waals surface area contributed by atoms with E-state index in [1.54, 1.807) is 6.07 Å². The van der Waals surface area contributed by atoms with Gasteiger partial charge in [0.2, 0.25) is 6.29 Å². The quantitative estimate of drug-likeness (QED) is 0.180. The Labute approximate surface area is 248 Å². The second-order valence-electron chi connectivity index (χ2n) is 11.5. The maximum atomic E-state index is 12.8. The van der Waals surface area contributed by atoms with Crippen LogP contribution in [0.4, 0.5) is 0 Å². The molecule has 0 bridgehead atoms. The Balaban J connectivity index is 1.28. The minimum absolute atomic E-state index is 0.0896. The standard InChI is InChI=1S/C33H37NO9/c1-17(35)27-23(18-7-3-4-8-18)12-19-11-21(40-2)13-25(28(19)30(27)37)42-33-32(39)31(38)29(36)26(43-33)16-41-15-20-14-34-24-10-6-5-9-22(20)24/h5-6,9-14,18,26,29,31-34,36-39H,3-4,7-8,15-16H2,1-2H3. The molecule has 5 N–H and O–H groups in total. The van der Waals surface area contributed by atoms with Crippen LogP contribution < -0.4 is 9.47 Å². The summed E-state index contributed by atoms with van der Waals surface area (Å²) >= 11 is 0. The zero-order chi connectivity index (χ0) is 30.2. The van der Waals surface area contributed by atoms with Gasteiger partial charge in [-0.25, -0.2) is 0 Å². The van der Waals surface area contributed by atoms with Gasteiger partial charge in [-0.3, -0.25) is 4.79 Å². The van der Waals surface area contributed by atoms with Crippen molar-refractivity contribution in [1.29, 1.82) is 0 Å². The topological polar surface area (TPSA) is 151 Å². The molecule has 1 aliphatic heterocycles. The van der Waals surface area contributed by atoms with E-state index in [1.165, 1.54) is 20.1 Å². The number of carbonyl (C=O) groups excluding carboxylic acids is 1. The van der Waals surface area contributed by atoms with Crippen LogP contribution in [0, 0.1) is 0 Å². The number of aliphatic hydroxyl groups excluding tert-OH is 3. The molecule has 2 aliphatic rings. The number of ketones is 1. The Bertz CT molecular complexity index is 1630. The number of carbonyl (C=O) groups is 1. The number of phenolic OH excluding ortho intramolecular Hbond substituents is 1. The average Bonchev–Trinajstić information content (AvgIpc) is 3.68. The number of benzene rings is 3. The number of para-hydroxylation sites is 1. The predicted octanol–water partition coefficient (Wildman–Crippen LogP) is 4.30. The summed E-state index contributed by atoms with van der Waals surface area (Å²) in [5.74, 6) is 0.213. The number of ether oxygens (including phenoxy) is 4. The van der Waals surface area contributed by atoms with E-state index in [4.69, 9.17) is 18.9 Å². The second-order valence-corrected chi connectivity index (χ2v) is 11.5. The largest absolute Gasteiger partial charge is 0.506 e. The zero-order valence-corrected chi connectivity index (χ0v) is 24.2. The third-order valence-electron chi connectivity index (χ3n) is 8.69. The number of hydrogen-bond donors (Lipinski definition) is 5. The number of H-pyrrole nitrogens is 1. The number of aromatic amines is 1. The molecule has 1 saturated carbocycles. The molecule has 4 aromatic rings. The molecule has 228 valence electrons. The van der Waals surface area contributed by atoms with Crippen molar-refractivity contribution in [2.45, 2.75) is 75.8 Å². The van der Waals surface area contributed by atoms with E-state index in [9.17, 15) is 25.2 Å². The summed E-state index contributed by atoms with van der Waals surface area (Å²) in [6, 6.07) is 13.0. The summed E-state index contributed by atoms with van der Waals surface area (Å²) in [5.41, 5.74) is 2.94. The molecular weight excluding hydrogens is 554 g/mol. The molecule has 0 radical (unpaired) electrons. The van der Waals surface area contributed by atoms with Crippen LogP contribution in [0.5, 0.6) is 17.2 Å². The van der Waals surface area contributed by atoms with Crippen LogP contribution in [0.1, 0.15) is 60.0 Å². The number of fused-ring (bicyclic) bond motifs is 2. The van der Waals surface area contributed by atoms with Crippen molar-refractivity contribution in [2.24, 2.45) is 0 Å². The lowest BCUT2D eigenvalue weighted by molar-refractivity contribution is -0.280. The van der Waals surface area contributed by atoms with Gasteiger partial charge in [-0.05, 0) is 54.8 Å². The van der Waals surface area contributed by atoms with E-state index >= 15 is 0 Å². The summed E-state index contributed by atoms with van der Waals surface area (Å²) in [4.78, 5) is 16.0. The Hall–Kier alpha value is -3.67. The van der Waals surface area contributed by atoms with Crippen LogP contribution in [0.15, 0.2) is 48.7 Å². The van der Waals surface area contributed by atoms with Gasteiger partial charge in [-0.1, -0.05) is 31.0 Å². The maximum absolute atomic E-state index is 12.8. The molecule has 1 aliphatic carbocycles. The van der Waals surface area contributed by atoms with Crippen LogP contribution in [0.3, 0.4) is 0 Å². The van der Waals surface area contributed by atoms with Crippen LogP contribution in [-0.2, 0) is 16.1 Å². The average molecular weight is 592 g/mol. The minimum Gasteiger partial charge on any atom is -0.506 e. The normalized spacial score (nSPS) is 24.5. The summed E-state index contributed by atoms with van der Waals surface area (Å²) in [5, 5.41) is 45.5. The molecular formula is C33H37NO9. The first-order chi connectivity index (χ1) is 20.8. The van der Waals surface area contributed by atoms with E-state index in [2.05, 4.69) is 4.98 Å². The van der Waals surface area contributed by atoms with E-state index in [0.717, 1.165) is 47.7 Å². The summed E-state index contributed by atoms with van der Waals surface area (Å²) in [7, 11) is 1.50. The van der Waals surface area contributed by atoms with Gasteiger partial charge in [0.15, 0.2) is 5.78 Å². The molecule has 1 saturated heterocycles. The van der Waals surface area contributed by atoms with E-state index < -0.39 is 30.7 Å². The number of nitrogens with one attached hydrogen (secondary N) is 1. The predicted molar refractivity (Wildman–Crippen MR) is 159 cm³/mol. The van der Waals surface area contributed by atoms with Gasteiger partial charge in [0.1, 0.15) is 41.7 Å². The molecule has 5 atom stereocenters. The molecule has 10 heteroatoms. The van der Waals surface area contributed by atoms with Crippen LogP contribution in [-0.4, -0.2) is 75.6 Å². The lowest BCUT2D eigenvalue weighted by Crippen LogP contribution is -2.60. The van der Waals surface area contributed by atoms with E-state index in [0.29, 0.717) is 11.1 Å². The molecule has 0 amide bonds. The van der Waals surface area contributed by atoms with Gasteiger partial charge >= 0.3 is 0 Å². The molecule has 2 fully saturated rings. The van der Waals surface area contributed by atoms with Crippen molar-refractivity contribution >= 4 is 27.5 Å². The fourth-order valence-electron chi connectivity index (χ4n) is 6.43. The maximum Gasteiger partial charge on any atom is 0.229 e. The molecule has 5 unspecified atom stereocenters. The summed E-state index contributed by atoms with van der Waals surface area (Å²) < 4.78 is 23.4. The number of aromatic hydroxyl groups is 1. The second kappa shape index (κ2) is 12.1. The first-order valence-electron chi connectivity index (χ1n) is 14.6. The van der Waals surface area contributed by atoms with Crippen molar-refractivity contribution in [2.75, 3.05) is 13.7 Å². The van der Waals surface area contributed by atoms with Gasteiger partial charge in [-0.2, -0.15) is 0 Å². The first kappa shape index (κ1) is 29.4. The summed E-state index contributed by atoms with van der Waals surface area (Å²) in [6.07, 6.45) is -1.26. The highest BCUT2D eigenvalue weighted by molar-refractivity contribution is 6.07. The Morgan fingerprint density at radius 1 is 1.05 bits per heavy atom. The number of methoxy groups -OCH3 is 1. The van der Waals surface area contributed by atoms with Crippen LogP contribution in [0.25, 0.3) is 21.7 Å². The molecule has 2 heterocycles. The molecule has 10 nitrogen and oxygen atoms in total. The third-order valence-corrected chi connectivity index (χ3v) is 8.69. The van der Waals surface area contributed by atoms with E-state index in [1.807, 2.05) is 36.5 Å². The highest BCUT2D eigenvalue weighted by Crippen LogP contribution is 2.46. The fourth-order valence-corrected chi connectivity index (χ4v) is 6.43. The van der Waals surface area contributed by atoms with Crippen molar-refractivity contribution in [1.82, 2.24) is 4.98 Å². The molecule has 6 rings (SSSR count). The van der Waals surface area contributed by atoms with Gasteiger partial charge in [0.25, 0.3) is 0 Å². The van der Waals surface area contributed by atoms with Crippen LogP contribution in [0.2, 0.25) is 0 Å². The number of aliphatic hydroxyl groups is 3. The van der Waals surface area contributed by atoms with E-state index in [-0.39, 0.29) is 47.4 Å². The number of aromatic nitrogens is 1. The number of hydrogen-bond acceptors (Lipinski definition) is 9. The van der Waals surface area contributed by atoms with Gasteiger partial charge in [0.05, 0.1) is 31.3 Å². The lowest BCUT2D eigenvalue weighted by atomic mass is 9.87. The molecule has 3 aromatic carbocycles. The molecule has 1 aromatic heterocycles. The molecule has 43 heavy (non-hydrogen) atoms. The smallest absolute Gasteiger partial charge is 0.229 e. The van der Waals surface area contributed by atoms with Crippen LogP contribution >= 0.6 is 0 Å². The Kier molecular flexibility index (Phi) is 8.30. The number of Topliss-reactive ketones (excluding diaryl/α,β-unsaturated/α-hetero) is 1. The third kappa shape index (κ3) is 5.57. The van der Waals surface area contributed by atoms with Gasteiger partial charge < -0.3 is 44.4 Å². The molecule has 0 spiro atoms. The Morgan fingerprint density at radius 3 is 2.56 bits per heavy atom. The zero-order valence-electron chi connectivity index (χ0n) is 24.2. The SMILES string of the molecule is COc1cc(OC2OC(COCc3c[nH]c4ccccc34)C(O)C(O)C2O)c2c(O)c(C(C)=O)c(C3CCCC3)cc2c1. The van der Waals surface area contributed by atoms with Crippen molar-refractivity contribution in [3.8, 4) is 17.2 Å². The first-order valence-corrected chi connectivity index (χ1v) is 14.6. The summed E-state index contributed by atoms with van der Waals surface area (Å²) in [6.45, 7) is 1.57. The van der Waals surface area contributed by atoms with Crippen molar-refractivity contribution < 1.29 is 44.2 Å².